The van der Waals surface area contributed by atoms with E-state index in [1.807, 2.05) is 12.1 Å². The van der Waals surface area contributed by atoms with E-state index in [9.17, 15) is 13.2 Å². The van der Waals surface area contributed by atoms with Crippen molar-refractivity contribution in [2.45, 2.75) is 66.1 Å². The molecular weight excluding hydrogens is 506 g/mol. The van der Waals surface area contributed by atoms with E-state index in [1.54, 1.807) is 18.5 Å². The molecule has 196 valence electrons. The number of benzene rings is 2. The van der Waals surface area contributed by atoms with Crippen molar-refractivity contribution >= 4 is 34.2 Å². The lowest BCUT2D eigenvalue weighted by Gasteiger charge is -2.40. The first-order chi connectivity index (χ1) is 16.8. The highest BCUT2D eigenvalue weighted by molar-refractivity contribution is 6.36. The van der Waals surface area contributed by atoms with Crippen molar-refractivity contribution in [1.82, 2.24) is 14.5 Å². The minimum absolute atomic E-state index is 0.338. The fraction of sp³-hybridized carbons (Fsp3) is 0.536. The molecule has 0 atom stereocenters. The zero-order chi connectivity index (χ0) is 26.4. The van der Waals surface area contributed by atoms with Gasteiger partial charge in [0.15, 0.2) is 0 Å². The van der Waals surface area contributed by atoms with Crippen LogP contribution in [-0.4, -0.2) is 27.5 Å². The van der Waals surface area contributed by atoms with Gasteiger partial charge in [-0.05, 0) is 79.1 Å². The molecule has 1 saturated heterocycles. The Kier molecular flexibility index (Phi) is 7.72. The van der Waals surface area contributed by atoms with Gasteiger partial charge in [-0.25, -0.2) is 4.98 Å². The Morgan fingerprint density at radius 1 is 1.08 bits per heavy atom. The van der Waals surface area contributed by atoms with E-state index in [1.165, 1.54) is 19.3 Å². The average Bonchev–Trinajstić information content (AvgIpc) is 3.14. The molecule has 0 radical (unpaired) electrons. The van der Waals surface area contributed by atoms with E-state index >= 15 is 0 Å². The lowest BCUT2D eigenvalue weighted by molar-refractivity contribution is -0.137. The minimum atomic E-state index is -4.41. The maximum absolute atomic E-state index is 13.4. The normalized spacial score (nSPS) is 16.3. The van der Waals surface area contributed by atoms with Gasteiger partial charge in [-0.3, -0.25) is 4.90 Å². The summed E-state index contributed by atoms with van der Waals surface area (Å²) in [6.45, 7) is 11.5. The predicted molar refractivity (Wildman–Crippen MR) is 142 cm³/mol. The van der Waals surface area contributed by atoms with E-state index in [0.29, 0.717) is 44.3 Å². The SMILES string of the molecule is CCC(C)(C)C1CCN(Cc2ccc(Cl)c(Cc3nc4c(C)cc(C(F)(F)F)cc4n3C)c2Cl)CC1. The molecule has 0 unspecified atom stereocenters. The number of hydrogen-bond donors (Lipinski definition) is 0. The van der Waals surface area contributed by atoms with E-state index in [4.69, 9.17) is 23.2 Å². The summed E-state index contributed by atoms with van der Waals surface area (Å²) < 4.78 is 41.8. The fourth-order valence-electron chi connectivity index (χ4n) is 5.32. The van der Waals surface area contributed by atoms with Crippen LogP contribution in [0.3, 0.4) is 0 Å². The first kappa shape index (κ1) is 27.3. The first-order valence-corrected chi connectivity index (χ1v) is 13.3. The topological polar surface area (TPSA) is 21.1 Å². The van der Waals surface area contributed by atoms with Crippen LogP contribution in [0.4, 0.5) is 13.2 Å². The molecule has 0 spiro atoms. The van der Waals surface area contributed by atoms with Crippen molar-refractivity contribution < 1.29 is 13.2 Å². The van der Waals surface area contributed by atoms with Gasteiger partial charge >= 0.3 is 6.18 Å². The third kappa shape index (κ3) is 5.41. The predicted octanol–water partition coefficient (Wildman–Crippen LogP) is 8.45. The smallest absolute Gasteiger partial charge is 0.331 e. The van der Waals surface area contributed by atoms with Crippen LogP contribution < -0.4 is 0 Å². The van der Waals surface area contributed by atoms with E-state index in [2.05, 4.69) is 30.7 Å². The number of halogens is 5. The molecule has 2 heterocycles. The van der Waals surface area contributed by atoms with Crippen molar-refractivity contribution in [3.63, 3.8) is 0 Å². The zero-order valence-corrected chi connectivity index (χ0v) is 23.1. The highest BCUT2D eigenvalue weighted by atomic mass is 35.5. The van der Waals surface area contributed by atoms with Crippen molar-refractivity contribution in [2.24, 2.45) is 18.4 Å². The highest BCUT2D eigenvalue weighted by Gasteiger charge is 2.33. The van der Waals surface area contributed by atoms with Gasteiger partial charge in [-0.15, -0.1) is 0 Å². The number of aryl methyl sites for hydroxylation is 2. The van der Waals surface area contributed by atoms with Gasteiger partial charge in [0, 0.05) is 25.0 Å². The number of piperidine rings is 1. The Bertz CT molecular complexity index is 1260. The monoisotopic (exact) mass is 539 g/mol. The Labute approximate surface area is 221 Å². The number of alkyl halides is 3. The second kappa shape index (κ2) is 10.2. The Hall–Kier alpha value is -1.76. The Morgan fingerprint density at radius 3 is 2.36 bits per heavy atom. The van der Waals surface area contributed by atoms with Gasteiger partial charge in [-0.1, -0.05) is 56.5 Å². The van der Waals surface area contributed by atoms with Crippen molar-refractivity contribution in [1.29, 1.82) is 0 Å². The van der Waals surface area contributed by atoms with E-state index < -0.39 is 11.7 Å². The van der Waals surface area contributed by atoms with Crippen LogP contribution in [0.1, 0.15) is 68.1 Å². The molecule has 0 bridgehead atoms. The molecule has 0 saturated carbocycles. The highest BCUT2D eigenvalue weighted by Crippen LogP contribution is 2.39. The molecule has 1 fully saturated rings. The lowest BCUT2D eigenvalue weighted by Crippen LogP contribution is -2.38. The minimum Gasteiger partial charge on any atom is -0.331 e. The second-order valence-corrected chi connectivity index (χ2v) is 11.6. The van der Waals surface area contributed by atoms with Crippen LogP contribution in [0.5, 0.6) is 0 Å². The fourth-order valence-corrected chi connectivity index (χ4v) is 5.88. The summed E-state index contributed by atoms with van der Waals surface area (Å²) in [4.78, 5) is 7.11. The molecule has 3 nitrogen and oxygen atoms in total. The van der Waals surface area contributed by atoms with Gasteiger partial charge in [0.25, 0.3) is 0 Å². The third-order valence-corrected chi connectivity index (χ3v) is 9.02. The summed E-state index contributed by atoms with van der Waals surface area (Å²) in [6.07, 6.45) is -0.533. The number of rotatable bonds is 6. The molecule has 0 amide bonds. The summed E-state index contributed by atoms with van der Waals surface area (Å²) in [6, 6.07) is 6.14. The van der Waals surface area contributed by atoms with Crippen molar-refractivity contribution in [3.8, 4) is 0 Å². The molecule has 2 aromatic carbocycles. The summed E-state index contributed by atoms with van der Waals surface area (Å²) in [5, 5.41) is 1.14. The van der Waals surface area contributed by atoms with Gasteiger partial charge in [0.05, 0.1) is 21.6 Å². The quantitative estimate of drug-likeness (QED) is 0.313. The molecule has 8 heteroatoms. The summed E-state index contributed by atoms with van der Waals surface area (Å²) in [7, 11) is 1.73. The molecule has 4 rings (SSSR count). The zero-order valence-electron chi connectivity index (χ0n) is 21.6. The van der Waals surface area contributed by atoms with Crippen LogP contribution in [0.15, 0.2) is 24.3 Å². The van der Waals surface area contributed by atoms with Gasteiger partial charge in [0.2, 0.25) is 0 Å². The maximum Gasteiger partial charge on any atom is 0.416 e. The number of fused-ring (bicyclic) bond motifs is 1. The number of nitrogens with zero attached hydrogens (tertiary/aromatic N) is 3. The van der Waals surface area contributed by atoms with Gasteiger partial charge in [0.1, 0.15) is 5.82 Å². The van der Waals surface area contributed by atoms with Crippen LogP contribution in [-0.2, 0) is 26.2 Å². The maximum atomic E-state index is 13.4. The number of aromatic nitrogens is 2. The summed E-state index contributed by atoms with van der Waals surface area (Å²) in [5.41, 5.74) is 2.94. The van der Waals surface area contributed by atoms with Crippen molar-refractivity contribution in [3.05, 3.63) is 62.4 Å². The molecule has 0 N–H and O–H groups in total. The number of imidazole rings is 1. The van der Waals surface area contributed by atoms with Gasteiger partial charge < -0.3 is 4.57 Å². The number of likely N-dealkylation sites (tertiary alicyclic amines) is 1. The molecule has 1 aliphatic heterocycles. The summed E-state index contributed by atoms with van der Waals surface area (Å²) in [5.74, 6) is 1.35. The standard InChI is InChI=1S/C28H34Cl2F3N3/c1-6-27(3,4)19-9-11-36(12-10-19)16-18-7-8-22(29)21(25(18)30)15-24-34-26-17(2)13-20(28(31,32)33)14-23(26)35(24)5/h7-8,13-14,19H,6,9-12,15-16H2,1-5H3. The molecule has 0 aliphatic carbocycles. The molecule has 1 aliphatic rings. The summed E-state index contributed by atoms with van der Waals surface area (Å²) >= 11 is 13.4. The third-order valence-electron chi connectivity index (χ3n) is 8.20. The van der Waals surface area contributed by atoms with Crippen LogP contribution >= 0.6 is 23.2 Å². The van der Waals surface area contributed by atoms with E-state index in [-0.39, 0.29) is 0 Å². The lowest BCUT2D eigenvalue weighted by atomic mass is 9.72. The van der Waals surface area contributed by atoms with Crippen LogP contribution in [0.25, 0.3) is 11.0 Å². The molecule has 36 heavy (non-hydrogen) atoms. The Balaban J connectivity index is 1.57. The second-order valence-electron chi connectivity index (χ2n) is 10.8. The molecule has 1 aromatic heterocycles. The van der Waals surface area contributed by atoms with Crippen LogP contribution in [0.2, 0.25) is 10.0 Å². The largest absolute Gasteiger partial charge is 0.416 e. The van der Waals surface area contributed by atoms with Crippen LogP contribution in [0, 0.1) is 18.3 Å². The molecule has 3 aromatic rings. The van der Waals surface area contributed by atoms with Crippen molar-refractivity contribution in [2.75, 3.05) is 13.1 Å². The number of hydrogen-bond acceptors (Lipinski definition) is 2. The van der Waals surface area contributed by atoms with E-state index in [0.717, 1.165) is 48.8 Å². The van der Waals surface area contributed by atoms with Gasteiger partial charge in [-0.2, -0.15) is 13.2 Å². The first-order valence-electron chi connectivity index (χ1n) is 12.5. The molecular formula is C28H34Cl2F3N3. The Morgan fingerprint density at radius 2 is 1.75 bits per heavy atom. The average molecular weight is 541 g/mol.